The normalized spacial score (nSPS) is 10.3. The molecule has 0 aromatic carbocycles. The zero-order chi connectivity index (χ0) is 12.8. The van der Waals surface area contributed by atoms with Gasteiger partial charge in [-0.05, 0) is 19.4 Å². The zero-order valence-corrected chi connectivity index (χ0v) is 10.9. The molecule has 0 spiro atoms. The largest absolute Gasteiger partial charge is 0.478 e. The highest BCUT2D eigenvalue weighted by Gasteiger charge is 2.16. The molecule has 1 N–H and O–H groups in total. The number of rotatable bonds is 6. The Kier molecular flexibility index (Phi) is 5.22. The first kappa shape index (κ1) is 13.8. The van der Waals surface area contributed by atoms with E-state index >= 15 is 0 Å². The number of anilines is 1. The number of nitrogens with zero attached hydrogens (tertiary/aromatic N) is 2. The topological polar surface area (TPSA) is 53.4 Å². The van der Waals surface area contributed by atoms with E-state index in [1.165, 1.54) is 12.3 Å². The van der Waals surface area contributed by atoms with E-state index in [9.17, 15) is 4.79 Å². The number of aromatic nitrogens is 1. The molecule has 0 atom stereocenters. The third kappa shape index (κ3) is 3.33. The van der Waals surface area contributed by atoms with E-state index in [2.05, 4.69) is 11.9 Å². The van der Waals surface area contributed by atoms with Crippen molar-refractivity contribution in [2.24, 2.45) is 0 Å². The van der Waals surface area contributed by atoms with Crippen molar-refractivity contribution in [1.29, 1.82) is 0 Å². The first-order valence-corrected chi connectivity index (χ1v) is 6.12. The van der Waals surface area contributed by atoms with Crippen LogP contribution in [0.25, 0.3) is 0 Å². The van der Waals surface area contributed by atoms with Gasteiger partial charge in [0.2, 0.25) is 0 Å². The highest BCUT2D eigenvalue weighted by Crippen LogP contribution is 2.27. The van der Waals surface area contributed by atoms with Crippen molar-refractivity contribution in [3.63, 3.8) is 0 Å². The van der Waals surface area contributed by atoms with Crippen LogP contribution in [0.2, 0.25) is 5.02 Å². The summed E-state index contributed by atoms with van der Waals surface area (Å²) in [4.78, 5) is 17.1. The monoisotopic (exact) mass is 256 g/mol. The second-order valence-electron chi connectivity index (χ2n) is 3.73. The molecule has 5 heteroatoms. The maximum absolute atomic E-state index is 11.0. The highest BCUT2D eigenvalue weighted by atomic mass is 35.5. The van der Waals surface area contributed by atoms with Gasteiger partial charge in [0, 0.05) is 19.3 Å². The number of carboxylic acid groups (broad SMARTS) is 1. The number of unbranched alkanes of at least 4 members (excludes halogenated alkanes) is 1. The van der Waals surface area contributed by atoms with Crippen LogP contribution >= 0.6 is 11.6 Å². The quantitative estimate of drug-likeness (QED) is 0.850. The summed E-state index contributed by atoms with van der Waals surface area (Å²) < 4.78 is 0. The van der Waals surface area contributed by atoms with Gasteiger partial charge in [0.1, 0.15) is 5.82 Å². The molecule has 94 valence electrons. The van der Waals surface area contributed by atoms with Gasteiger partial charge >= 0.3 is 5.97 Å². The number of pyridine rings is 1. The summed E-state index contributed by atoms with van der Waals surface area (Å²) in [7, 11) is 0. The lowest BCUT2D eigenvalue weighted by Crippen LogP contribution is -2.25. The van der Waals surface area contributed by atoms with Gasteiger partial charge in [0.05, 0.1) is 10.6 Å². The van der Waals surface area contributed by atoms with Gasteiger partial charge in [-0.3, -0.25) is 0 Å². The number of carbonyl (C=O) groups is 1. The minimum absolute atomic E-state index is 0.103. The maximum Gasteiger partial charge on any atom is 0.337 e. The Morgan fingerprint density at radius 2 is 2.24 bits per heavy atom. The standard InChI is InChI=1S/C12H17ClN2O2/c1-3-5-8-15(4-2)11-10(13)9(12(16)17)6-7-14-11/h6-7H,3-5,8H2,1-2H3,(H,16,17). The van der Waals surface area contributed by atoms with Crippen LogP contribution in [0.15, 0.2) is 12.3 Å². The van der Waals surface area contributed by atoms with Gasteiger partial charge in [0.25, 0.3) is 0 Å². The molecule has 1 rings (SSSR count). The summed E-state index contributed by atoms with van der Waals surface area (Å²) in [5.74, 6) is -0.465. The molecule has 1 aromatic rings. The molecule has 0 radical (unpaired) electrons. The van der Waals surface area contributed by atoms with Crippen LogP contribution in [0.1, 0.15) is 37.0 Å². The van der Waals surface area contributed by atoms with E-state index in [-0.39, 0.29) is 10.6 Å². The van der Waals surface area contributed by atoms with Crippen molar-refractivity contribution in [3.8, 4) is 0 Å². The fraction of sp³-hybridized carbons (Fsp3) is 0.500. The van der Waals surface area contributed by atoms with E-state index in [1.807, 2.05) is 11.8 Å². The first-order chi connectivity index (χ1) is 8.11. The Balaban J connectivity index is 3.03. The van der Waals surface area contributed by atoms with Crippen LogP contribution in [0, 0.1) is 0 Å². The van der Waals surface area contributed by atoms with Gasteiger partial charge in [-0.15, -0.1) is 0 Å². The molecule has 0 unspecified atom stereocenters. The van der Waals surface area contributed by atoms with Gasteiger partial charge in [-0.1, -0.05) is 24.9 Å². The second-order valence-corrected chi connectivity index (χ2v) is 4.11. The predicted octanol–water partition coefficient (Wildman–Crippen LogP) is 3.06. The van der Waals surface area contributed by atoms with Crippen LogP contribution in [-0.2, 0) is 0 Å². The van der Waals surface area contributed by atoms with E-state index < -0.39 is 5.97 Å². The number of carboxylic acids is 1. The van der Waals surface area contributed by atoms with Gasteiger partial charge in [-0.25, -0.2) is 9.78 Å². The molecule has 0 saturated heterocycles. The minimum atomic E-state index is -1.02. The molecule has 4 nitrogen and oxygen atoms in total. The smallest absolute Gasteiger partial charge is 0.337 e. The van der Waals surface area contributed by atoms with Crippen LogP contribution in [0.3, 0.4) is 0 Å². The first-order valence-electron chi connectivity index (χ1n) is 5.74. The fourth-order valence-corrected chi connectivity index (χ4v) is 1.89. The summed E-state index contributed by atoms with van der Waals surface area (Å²) in [6, 6.07) is 1.42. The average Bonchev–Trinajstić information content (AvgIpc) is 2.31. The molecule has 0 aliphatic rings. The average molecular weight is 257 g/mol. The summed E-state index contributed by atoms with van der Waals surface area (Å²) in [5, 5.41) is 9.21. The lowest BCUT2D eigenvalue weighted by Gasteiger charge is -2.23. The third-order valence-corrected chi connectivity index (χ3v) is 2.94. The van der Waals surface area contributed by atoms with Crippen molar-refractivity contribution in [3.05, 3.63) is 22.8 Å². The summed E-state index contributed by atoms with van der Waals surface area (Å²) in [5.41, 5.74) is 0.103. The lowest BCUT2D eigenvalue weighted by atomic mass is 10.2. The zero-order valence-electron chi connectivity index (χ0n) is 10.1. The molecular weight excluding hydrogens is 240 g/mol. The summed E-state index contributed by atoms with van der Waals surface area (Å²) in [6.07, 6.45) is 3.59. The Bertz CT molecular complexity index is 396. The van der Waals surface area contributed by atoms with Crippen LogP contribution in [0.5, 0.6) is 0 Å². The Labute approximate surface area is 106 Å². The van der Waals surface area contributed by atoms with Gasteiger partial charge in [0.15, 0.2) is 0 Å². The lowest BCUT2D eigenvalue weighted by molar-refractivity contribution is 0.0697. The molecule has 1 aromatic heterocycles. The fourth-order valence-electron chi connectivity index (χ4n) is 1.58. The number of hydrogen-bond donors (Lipinski definition) is 1. The molecule has 17 heavy (non-hydrogen) atoms. The molecule has 0 amide bonds. The van der Waals surface area contributed by atoms with Crippen molar-refractivity contribution >= 4 is 23.4 Å². The summed E-state index contributed by atoms with van der Waals surface area (Å²) in [6.45, 7) is 5.70. The molecule has 0 aliphatic carbocycles. The van der Waals surface area contributed by atoms with E-state index in [0.717, 1.165) is 25.9 Å². The Morgan fingerprint density at radius 1 is 1.53 bits per heavy atom. The maximum atomic E-state index is 11.0. The van der Waals surface area contributed by atoms with Crippen molar-refractivity contribution in [2.75, 3.05) is 18.0 Å². The molecule has 0 fully saturated rings. The van der Waals surface area contributed by atoms with Crippen molar-refractivity contribution in [1.82, 2.24) is 4.98 Å². The molecule has 0 bridgehead atoms. The Morgan fingerprint density at radius 3 is 2.76 bits per heavy atom. The number of halogens is 1. The van der Waals surface area contributed by atoms with Crippen molar-refractivity contribution < 1.29 is 9.90 Å². The highest BCUT2D eigenvalue weighted by molar-refractivity contribution is 6.35. The number of hydrogen-bond acceptors (Lipinski definition) is 3. The van der Waals surface area contributed by atoms with Crippen LogP contribution in [0.4, 0.5) is 5.82 Å². The molecule has 0 aliphatic heterocycles. The molecule has 1 heterocycles. The van der Waals surface area contributed by atoms with Crippen molar-refractivity contribution in [2.45, 2.75) is 26.7 Å². The van der Waals surface area contributed by atoms with E-state index in [0.29, 0.717) is 5.82 Å². The second kappa shape index (κ2) is 6.45. The predicted molar refractivity (Wildman–Crippen MR) is 69.0 cm³/mol. The minimum Gasteiger partial charge on any atom is -0.478 e. The SMILES string of the molecule is CCCCN(CC)c1nccc(C(=O)O)c1Cl. The van der Waals surface area contributed by atoms with Gasteiger partial charge < -0.3 is 10.0 Å². The third-order valence-electron chi connectivity index (χ3n) is 2.56. The van der Waals surface area contributed by atoms with E-state index in [4.69, 9.17) is 16.7 Å². The Hall–Kier alpha value is -1.29. The van der Waals surface area contributed by atoms with Gasteiger partial charge in [-0.2, -0.15) is 0 Å². The van der Waals surface area contributed by atoms with Crippen LogP contribution < -0.4 is 4.90 Å². The molecular formula is C12H17ClN2O2. The summed E-state index contributed by atoms with van der Waals surface area (Å²) >= 11 is 6.07. The van der Waals surface area contributed by atoms with Crippen LogP contribution in [-0.4, -0.2) is 29.1 Å². The number of aromatic carboxylic acids is 1. The van der Waals surface area contributed by atoms with E-state index in [1.54, 1.807) is 0 Å². The molecule has 0 saturated carbocycles.